The third-order valence-electron chi connectivity index (χ3n) is 2.61. The van der Waals surface area contributed by atoms with E-state index in [9.17, 15) is 8.42 Å². The highest BCUT2D eigenvalue weighted by molar-refractivity contribution is 7.89. The number of sulfonamides is 1. The van der Waals surface area contributed by atoms with Gasteiger partial charge < -0.3 is 10.3 Å². The first-order valence-corrected chi connectivity index (χ1v) is 8.34. The van der Waals surface area contributed by atoms with Crippen LogP contribution in [0.15, 0.2) is 12.4 Å². The van der Waals surface area contributed by atoms with Crippen LogP contribution in [0.2, 0.25) is 0 Å². The number of nitrogens with zero attached hydrogens (tertiary/aromatic N) is 1. The summed E-state index contributed by atoms with van der Waals surface area (Å²) in [4.78, 5) is 7.08. The monoisotopic (exact) mass is 288 g/mol. The van der Waals surface area contributed by atoms with Crippen molar-refractivity contribution in [2.75, 3.05) is 18.8 Å². The Bertz CT molecular complexity index is 429. The van der Waals surface area contributed by atoms with Gasteiger partial charge in [-0.25, -0.2) is 18.1 Å². The molecule has 0 aromatic carbocycles. The molecule has 1 heterocycles. The fourth-order valence-corrected chi connectivity index (χ4v) is 2.77. The molecule has 1 aromatic rings. The zero-order chi connectivity index (χ0) is 14.1. The van der Waals surface area contributed by atoms with Crippen molar-refractivity contribution in [3.8, 4) is 0 Å². The number of aromatic nitrogens is 2. The van der Waals surface area contributed by atoms with Crippen LogP contribution in [0.5, 0.6) is 0 Å². The molecule has 1 aromatic heterocycles. The van der Waals surface area contributed by atoms with Gasteiger partial charge in [-0.2, -0.15) is 0 Å². The minimum Gasteiger partial charge on any atom is -0.349 e. The predicted molar refractivity (Wildman–Crippen MR) is 76.5 cm³/mol. The van der Waals surface area contributed by atoms with Crippen molar-refractivity contribution in [2.45, 2.75) is 39.2 Å². The summed E-state index contributed by atoms with van der Waals surface area (Å²) in [5, 5.41) is 3.20. The maximum Gasteiger partial charge on any atom is 0.211 e. The van der Waals surface area contributed by atoms with Crippen LogP contribution < -0.4 is 10.0 Å². The molecule has 0 aliphatic heterocycles. The van der Waals surface area contributed by atoms with E-state index in [1.54, 1.807) is 12.4 Å². The minimum atomic E-state index is -3.14. The molecule has 1 rings (SSSR count). The molecule has 0 bridgehead atoms. The molecule has 0 aliphatic carbocycles. The van der Waals surface area contributed by atoms with E-state index < -0.39 is 10.0 Å². The topological polar surface area (TPSA) is 86.9 Å². The average molecular weight is 288 g/mol. The molecule has 0 spiro atoms. The summed E-state index contributed by atoms with van der Waals surface area (Å²) in [6.45, 7) is 5.27. The lowest BCUT2D eigenvalue weighted by atomic mass is 10.3. The molecular weight excluding hydrogens is 264 g/mol. The molecule has 3 N–H and O–H groups in total. The van der Waals surface area contributed by atoms with Crippen LogP contribution in [0, 0.1) is 0 Å². The van der Waals surface area contributed by atoms with Gasteiger partial charge in [0.2, 0.25) is 10.0 Å². The summed E-state index contributed by atoms with van der Waals surface area (Å²) in [6.07, 6.45) is 5.59. The lowest BCUT2D eigenvalue weighted by Gasteiger charge is -2.09. The van der Waals surface area contributed by atoms with E-state index in [2.05, 4.69) is 20.0 Å². The number of aryl methyl sites for hydroxylation is 1. The Morgan fingerprint density at radius 3 is 2.74 bits per heavy atom. The molecule has 0 saturated heterocycles. The number of rotatable bonds is 10. The number of H-pyrrole nitrogens is 1. The highest BCUT2D eigenvalue weighted by Gasteiger charge is 2.09. The maximum atomic E-state index is 11.7. The normalized spacial score (nSPS) is 12.2. The van der Waals surface area contributed by atoms with Gasteiger partial charge >= 0.3 is 0 Å². The molecule has 0 unspecified atom stereocenters. The van der Waals surface area contributed by atoms with Crippen molar-refractivity contribution in [3.63, 3.8) is 0 Å². The molecular formula is C12H24N4O2S. The van der Waals surface area contributed by atoms with Gasteiger partial charge in [-0.1, -0.05) is 13.8 Å². The molecule has 0 radical (unpaired) electrons. The Kier molecular flexibility index (Phi) is 7.04. The smallest absolute Gasteiger partial charge is 0.211 e. The van der Waals surface area contributed by atoms with Gasteiger partial charge in [-0.15, -0.1) is 0 Å². The Balaban J connectivity index is 2.09. The lowest BCUT2D eigenvalue weighted by molar-refractivity contribution is 0.559. The van der Waals surface area contributed by atoms with Gasteiger partial charge in [-0.3, -0.25) is 0 Å². The van der Waals surface area contributed by atoms with E-state index in [0.29, 0.717) is 19.0 Å². The van der Waals surface area contributed by atoms with Crippen molar-refractivity contribution in [2.24, 2.45) is 0 Å². The first kappa shape index (κ1) is 16.1. The van der Waals surface area contributed by atoms with Crippen LogP contribution >= 0.6 is 0 Å². The predicted octanol–water partition coefficient (Wildman–Crippen LogP) is 0.650. The quantitative estimate of drug-likeness (QED) is 0.552. The van der Waals surface area contributed by atoms with Gasteiger partial charge in [0.1, 0.15) is 5.82 Å². The number of imidazole rings is 1. The molecule has 6 nitrogen and oxygen atoms in total. The maximum absolute atomic E-state index is 11.7. The molecule has 0 amide bonds. The zero-order valence-corrected chi connectivity index (χ0v) is 12.5. The highest BCUT2D eigenvalue weighted by Crippen LogP contribution is 1.95. The molecule has 0 atom stereocenters. The summed E-state index contributed by atoms with van der Waals surface area (Å²) >= 11 is 0. The number of aromatic amines is 1. The van der Waals surface area contributed by atoms with Crippen LogP contribution in [0.4, 0.5) is 0 Å². The SMILES string of the molecule is CC(C)NCCCS(=O)(=O)NCCCc1ncc[nH]1. The van der Waals surface area contributed by atoms with E-state index in [1.165, 1.54) is 0 Å². The van der Waals surface area contributed by atoms with Crippen LogP contribution in [0.1, 0.15) is 32.5 Å². The molecule has 19 heavy (non-hydrogen) atoms. The Morgan fingerprint density at radius 1 is 1.32 bits per heavy atom. The third-order valence-corrected chi connectivity index (χ3v) is 4.08. The Hall–Kier alpha value is -0.920. The van der Waals surface area contributed by atoms with Crippen LogP contribution in [0.25, 0.3) is 0 Å². The average Bonchev–Trinajstić information content (AvgIpc) is 2.83. The summed E-state index contributed by atoms with van der Waals surface area (Å²) in [5.41, 5.74) is 0. The molecule has 0 fully saturated rings. The standard InChI is InChI=1S/C12H24N4O2S/c1-11(2)13-6-4-10-19(17,18)16-7-3-5-12-14-8-9-15-12/h8-9,11,13,16H,3-7,10H2,1-2H3,(H,14,15). The fraction of sp³-hybridized carbons (Fsp3) is 0.750. The van der Waals surface area contributed by atoms with Gasteiger partial charge in [0.25, 0.3) is 0 Å². The van der Waals surface area contributed by atoms with Crippen molar-refractivity contribution >= 4 is 10.0 Å². The van der Waals surface area contributed by atoms with Crippen molar-refractivity contribution in [1.29, 1.82) is 0 Å². The largest absolute Gasteiger partial charge is 0.349 e. The first-order chi connectivity index (χ1) is 8.99. The molecule has 0 aliphatic rings. The fourth-order valence-electron chi connectivity index (χ4n) is 1.64. The summed E-state index contributed by atoms with van der Waals surface area (Å²) in [6, 6.07) is 0.393. The van der Waals surface area contributed by atoms with E-state index in [1.807, 2.05) is 13.8 Å². The van der Waals surface area contributed by atoms with E-state index in [4.69, 9.17) is 0 Å². The van der Waals surface area contributed by atoms with Gasteiger partial charge in [0, 0.05) is 31.4 Å². The summed E-state index contributed by atoms with van der Waals surface area (Å²) in [7, 11) is -3.14. The number of hydrogen-bond donors (Lipinski definition) is 3. The zero-order valence-electron chi connectivity index (χ0n) is 11.6. The molecule has 0 saturated carbocycles. The minimum absolute atomic E-state index is 0.174. The lowest BCUT2D eigenvalue weighted by Crippen LogP contribution is -2.30. The van der Waals surface area contributed by atoms with Gasteiger partial charge in [0.15, 0.2) is 0 Å². The summed E-state index contributed by atoms with van der Waals surface area (Å²) < 4.78 is 26.0. The van der Waals surface area contributed by atoms with Crippen molar-refractivity contribution in [3.05, 3.63) is 18.2 Å². The first-order valence-electron chi connectivity index (χ1n) is 6.68. The number of nitrogens with one attached hydrogen (secondary N) is 3. The molecule has 110 valence electrons. The van der Waals surface area contributed by atoms with Crippen molar-refractivity contribution < 1.29 is 8.42 Å². The van der Waals surface area contributed by atoms with Gasteiger partial charge in [0.05, 0.1) is 5.75 Å². The van der Waals surface area contributed by atoms with Gasteiger partial charge in [-0.05, 0) is 19.4 Å². The Labute approximate surface area is 115 Å². The number of hydrogen-bond acceptors (Lipinski definition) is 4. The second kappa shape index (κ2) is 8.29. The Morgan fingerprint density at radius 2 is 2.11 bits per heavy atom. The van der Waals surface area contributed by atoms with E-state index in [-0.39, 0.29) is 5.75 Å². The van der Waals surface area contributed by atoms with Crippen LogP contribution in [-0.4, -0.2) is 43.3 Å². The second-order valence-electron chi connectivity index (χ2n) is 4.82. The van der Waals surface area contributed by atoms with Crippen molar-refractivity contribution in [1.82, 2.24) is 20.0 Å². The highest BCUT2D eigenvalue weighted by atomic mass is 32.2. The van der Waals surface area contributed by atoms with Crippen LogP contribution in [0.3, 0.4) is 0 Å². The summed E-state index contributed by atoms with van der Waals surface area (Å²) in [5.74, 6) is 1.06. The third kappa shape index (κ3) is 7.97. The van der Waals surface area contributed by atoms with E-state index in [0.717, 1.165) is 25.2 Å². The second-order valence-corrected chi connectivity index (χ2v) is 6.74. The van der Waals surface area contributed by atoms with E-state index >= 15 is 0 Å². The van der Waals surface area contributed by atoms with Crippen LogP contribution in [-0.2, 0) is 16.4 Å². The molecule has 7 heteroatoms.